The zero-order chi connectivity index (χ0) is 11.3. The number of ether oxygens (including phenoxy) is 1. The summed E-state index contributed by atoms with van der Waals surface area (Å²) >= 11 is 0. The van der Waals surface area contributed by atoms with Crippen molar-refractivity contribution in [2.45, 2.75) is 6.92 Å². The molecule has 0 fully saturated rings. The van der Waals surface area contributed by atoms with Gasteiger partial charge in [-0.2, -0.15) is 13.8 Å². The van der Waals surface area contributed by atoms with Crippen LogP contribution in [0.3, 0.4) is 0 Å². The molecule has 1 rings (SSSR count). The number of hydrogen-bond acceptors (Lipinski definition) is 3. The average molecular weight is 211 g/mol. The van der Waals surface area contributed by atoms with Crippen LogP contribution in [0.2, 0.25) is 0 Å². The molecule has 1 aromatic rings. The maximum Gasteiger partial charge on any atom is 0.384 e. The fraction of sp³-hybridized carbons (Fsp3) is 0.200. The monoisotopic (exact) mass is 211 g/mol. The third-order valence-corrected chi connectivity index (χ3v) is 1.39. The van der Waals surface area contributed by atoms with E-state index >= 15 is 0 Å². The number of halogens is 2. The Morgan fingerprint density at radius 1 is 1.53 bits per heavy atom. The Labute approximate surface area is 85.1 Å². The molecule has 0 aliphatic carbocycles. The summed E-state index contributed by atoms with van der Waals surface area (Å²) in [6.07, 6.45) is 0. The molecule has 0 radical (unpaired) electrons. The van der Waals surface area contributed by atoms with E-state index < -0.39 is 17.9 Å². The van der Waals surface area contributed by atoms with Gasteiger partial charge in [-0.1, -0.05) is 5.92 Å². The number of pyridine rings is 1. The molecule has 0 aromatic carbocycles. The van der Waals surface area contributed by atoms with E-state index in [1.165, 1.54) is 0 Å². The summed E-state index contributed by atoms with van der Waals surface area (Å²) in [5.41, 5.74) is -0.149. The second-order valence-electron chi connectivity index (χ2n) is 2.44. The van der Waals surface area contributed by atoms with Gasteiger partial charge in [-0.3, -0.25) is 0 Å². The molecule has 0 amide bonds. The Hall–Kier alpha value is -1.96. The predicted molar refractivity (Wildman–Crippen MR) is 47.7 cm³/mol. The van der Waals surface area contributed by atoms with Gasteiger partial charge in [0.25, 0.3) is 0 Å². The molecule has 0 unspecified atom stereocenters. The lowest BCUT2D eigenvalue weighted by molar-refractivity contribution is -0.136. The molecule has 0 atom stereocenters. The Bertz CT molecular complexity index is 435. The van der Waals surface area contributed by atoms with Gasteiger partial charge in [0.05, 0.1) is 12.2 Å². The van der Waals surface area contributed by atoms with Gasteiger partial charge in [0.15, 0.2) is 0 Å². The highest BCUT2D eigenvalue weighted by molar-refractivity contribution is 5.89. The second-order valence-corrected chi connectivity index (χ2v) is 2.44. The van der Waals surface area contributed by atoms with Crippen LogP contribution < -0.4 is 0 Å². The standard InChI is InChI=1S/C10H7F2NO2/c1-2-15-9(14)6-4-7-3-5-8(11)13-10(7)12/h3,5H,2H2,1H3. The van der Waals surface area contributed by atoms with Crippen LogP contribution in [0.1, 0.15) is 12.5 Å². The number of nitrogens with zero attached hydrogens (tertiary/aromatic N) is 1. The Kier molecular flexibility index (Phi) is 3.75. The quantitative estimate of drug-likeness (QED) is 0.399. The number of hydrogen-bond donors (Lipinski definition) is 0. The summed E-state index contributed by atoms with van der Waals surface area (Å²) in [6.45, 7) is 1.82. The lowest BCUT2D eigenvalue weighted by Crippen LogP contribution is -2.00. The van der Waals surface area contributed by atoms with Crippen molar-refractivity contribution in [3.63, 3.8) is 0 Å². The van der Waals surface area contributed by atoms with Crippen LogP contribution in [0.25, 0.3) is 0 Å². The van der Waals surface area contributed by atoms with Crippen molar-refractivity contribution in [1.82, 2.24) is 4.98 Å². The van der Waals surface area contributed by atoms with Crippen LogP contribution in [0.5, 0.6) is 0 Å². The lowest BCUT2D eigenvalue weighted by atomic mass is 10.3. The lowest BCUT2D eigenvalue weighted by Gasteiger charge is -1.93. The number of esters is 1. The van der Waals surface area contributed by atoms with E-state index in [1.807, 2.05) is 5.92 Å². The SMILES string of the molecule is CCOC(=O)C#Cc1ccc(F)nc1F. The zero-order valence-corrected chi connectivity index (χ0v) is 7.88. The van der Waals surface area contributed by atoms with Crippen LogP contribution in [-0.4, -0.2) is 17.6 Å². The molecule has 0 aliphatic heterocycles. The van der Waals surface area contributed by atoms with Crippen molar-refractivity contribution in [2.75, 3.05) is 6.61 Å². The Morgan fingerprint density at radius 2 is 2.27 bits per heavy atom. The van der Waals surface area contributed by atoms with E-state index in [-0.39, 0.29) is 12.2 Å². The summed E-state index contributed by atoms with van der Waals surface area (Å²) in [6, 6.07) is 2.06. The highest BCUT2D eigenvalue weighted by atomic mass is 19.1. The van der Waals surface area contributed by atoms with Crippen molar-refractivity contribution >= 4 is 5.97 Å². The normalized spacial score (nSPS) is 9.00. The number of aromatic nitrogens is 1. The number of carbonyl (C=O) groups is 1. The minimum absolute atomic E-state index is 0.149. The van der Waals surface area contributed by atoms with Gasteiger partial charge in [-0.05, 0) is 19.1 Å². The second kappa shape index (κ2) is 5.05. The first-order valence-corrected chi connectivity index (χ1v) is 4.14. The zero-order valence-electron chi connectivity index (χ0n) is 7.88. The predicted octanol–water partition coefficient (Wildman–Crippen LogP) is 1.27. The molecule has 0 aliphatic rings. The van der Waals surface area contributed by atoms with E-state index in [2.05, 4.69) is 15.6 Å². The van der Waals surface area contributed by atoms with Gasteiger partial charge in [-0.25, -0.2) is 4.79 Å². The Morgan fingerprint density at radius 3 is 2.87 bits per heavy atom. The van der Waals surface area contributed by atoms with Gasteiger partial charge in [0, 0.05) is 5.92 Å². The third-order valence-electron chi connectivity index (χ3n) is 1.39. The summed E-state index contributed by atoms with van der Waals surface area (Å²) in [5, 5.41) is 0. The smallest absolute Gasteiger partial charge is 0.384 e. The molecular formula is C10H7F2NO2. The van der Waals surface area contributed by atoms with Crippen molar-refractivity contribution in [3.8, 4) is 11.8 Å². The van der Waals surface area contributed by atoms with E-state index in [0.717, 1.165) is 12.1 Å². The van der Waals surface area contributed by atoms with Gasteiger partial charge < -0.3 is 4.74 Å². The fourth-order valence-electron chi connectivity index (χ4n) is 0.791. The Balaban J connectivity index is 2.84. The molecule has 0 saturated carbocycles. The molecule has 5 heteroatoms. The molecule has 1 aromatic heterocycles. The van der Waals surface area contributed by atoms with Gasteiger partial charge in [-0.15, -0.1) is 0 Å². The number of carbonyl (C=O) groups excluding carboxylic acids is 1. The topological polar surface area (TPSA) is 39.2 Å². The minimum Gasteiger partial charge on any atom is -0.456 e. The molecule has 0 spiro atoms. The fourth-order valence-corrected chi connectivity index (χ4v) is 0.791. The van der Waals surface area contributed by atoms with Crippen molar-refractivity contribution < 1.29 is 18.3 Å². The molecule has 78 valence electrons. The van der Waals surface area contributed by atoms with Crippen molar-refractivity contribution in [2.24, 2.45) is 0 Å². The van der Waals surface area contributed by atoms with E-state index in [0.29, 0.717) is 0 Å². The van der Waals surface area contributed by atoms with Gasteiger partial charge >= 0.3 is 5.97 Å². The summed E-state index contributed by atoms with van der Waals surface area (Å²) < 4.78 is 29.8. The molecular weight excluding hydrogens is 204 g/mol. The first kappa shape index (κ1) is 11.1. The molecule has 0 saturated heterocycles. The molecule has 1 heterocycles. The van der Waals surface area contributed by atoms with Crippen LogP contribution in [0.4, 0.5) is 8.78 Å². The van der Waals surface area contributed by atoms with Crippen molar-refractivity contribution in [1.29, 1.82) is 0 Å². The largest absolute Gasteiger partial charge is 0.456 e. The first-order chi connectivity index (χ1) is 7.13. The van der Waals surface area contributed by atoms with E-state index in [4.69, 9.17) is 0 Å². The van der Waals surface area contributed by atoms with E-state index in [1.54, 1.807) is 6.92 Å². The highest BCUT2D eigenvalue weighted by Gasteiger charge is 2.02. The molecule has 0 bridgehead atoms. The maximum absolute atomic E-state index is 12.9. The van der Waals surface area contributed by atoms with Gasteiger partial charge in [0.1, 0.15) is 0 Å². The highest BCUT2D eigenvalue weighted by Crippen LogP contribution is 2.03. The number of rotatable bonds is 1. The first-order valence-electron chi connectivity index (χ1n) is 4.14. The molecule has 15 heavy (non-hydrogen) atoms. The van der Waals surface area contributed by atoms with Crippen LogP contribution in [0.15, 0.2) is 12.1 Å². The van der Waals surface area contributed by atoms with Crippen LogP contribution in [0, 0.1) is 23.7 Å². The van der Waals surface area contributed by atoms with E-state index in [9.17, 15) is 13.6 Å². The maximum atomic E-state index is 12.9. The summed E-state index contributed by atoms with van der Waals surface area (Å²) in [7, 11) is 0. The third kappa shape index (κ3) is 3.35. The minimum atomic E-state index is -1.05. The van der Waals surface area contributed by atoms with Crippen molar-refractivity contribution in [3.05, 3.63) is 29.6 Å². The summed E-state index contributed by atoms with van der Waals surface area (Å²) in [4.78, 5) is 13.7. The molecule has 3 nitrogen and oxygen atoms in total. The average Bonchev–Trinajstić information content (AvgIpc) is 2.17. The molecule has 0 N–H and O–H groups in total. The van der Waals surface area contributed by atoms with Gasteiger partial charge in [0.2, 0.25) is 11.9 Å². The van der Waals surface area contributed by atoms with Crippen LogP contribution in [-0.2, 0) is 9.53 Å². The van der Waals surface area contributed by atoms with Crippen LogP contribution >= 0.6 is 0 Å². The summed E-state index contributed by atoms with van der Waals surface area (Å²) in [5.74, 6) is 1.49.